The zero-order valence-corrected chi connectivity index (χ0v) is 20.8. The molecule has 1 fully saturated rings. The highest BCUT2D eigenvalue weighted by molar-refractivity contribution is 7.91. The van der Waals surface area contributed by atoms with Gasteiger partial charge in [-0.15, -0.1) is 22.7 Å². The van der Waals surface area contributed by atoms with E-state index in [4.69, 9.17) is 4.74 Å². The first-order valence-electron chi connectivity index (χ1n) is 10.4. The molecule has 4 rings (SSSR count). The second-order valence-corrected chi connectivity index (χ2v) is 12.0. The molecule has 3 heterocycles. The summed E-state index contributed by atoms with van der Waals surface area (Å²) in [6.07, 6.45) is 0. The normalized spacial score (nSPS) is 15.2. The average Bonchev–Trinajstić information content (AvgIpc) is 3.45. The number of piperazine rings is 1. The van der Waals surface area contributed by atoms with Crippen LogP contribution in [0.5, 0.6) is 5.75 Å². The predicted octanol–water partition coefficient (Wildman–Crippen LogP) is 4.46. The van der Waals surface area contributed by atoms with Crippen LogP contribution in [0.4, 0.5) is 0 Å². The van der Waals surface area contributed by atoms with Crippen LogP contribution in [0.25, 0.3) is 0 Å². The molecule has 0 N–H and O–H groups in total. The van der Waals surface area contributed by atoms with Crippen molar-refractivity contribution >= 4 is 38.6 Å². The molecule has 1 aliphatic rings. The summed E-state index contributed by atoms with van der Waals surface area (Å²) in [7, 11) is -3.47. The van der Waals surface area contributed by atoms with Gasteiger partial charge in [0.15, 0.2) is 0 Å². The Morgan fingerprint density at radius 1 is 1.03 bits per heavy atom. The van der Waals surface area contributed by atoms with Crippen LogP contribution in [-0.2, 0) is 16.6 Å². The summed E-state index contributed by atoms with van der Waals surface area (Å²) in [4.78, 5) is 15.3. The van der Waals surface area contributed by atoms with Crippen molar-refractivity contribution in [1.29, 1.82) is 0 Å². The number of nitrogens with zero attached hydrogens (tertiary/aromatic N) is 2. The Labute approximate surface area is 197 Å². The van der Waals surface area contributed by atoms with E-state index < -0.39 is 10.0 Å². The fraction of sp³-hybridized carbons (Fsp3) is 0.348. The average molecular weight is 491 g/mol. The Bertz CT molecular complexity index is 1180. The van der Waals surface area contributed by atoms with Crippen LogP contribution in [-0.4, -0.2) is 49.7 Å². The zero-order chi connectivity index (χ0) is 22.9. The highest BCUT2D eigenvalue weighted by atomic mass is 32.2. The molecule has 0 aliphatic carbocycles. The maximum absolute atomic E-state index is 12.9. The fourth-order valence-electron chi connectivity index (χ4n) is 3.94. The Morgan fingerprint density at radius 3 is 2.34 bits per heavy atom. The van der Waals surface area contributed by atoms with E-state index in [-0.39, 0.29) is 5.91 Å². The van der Waals surface area contributed by atoms with Gasteiger partial charge in [0.25, 0.3) is 15.9 Å². The minimum atomic E-state index is -3.47. The van der Waals surface area contributed by atoms with E-state index >= 15 is 0 Å². The van der Waals surface area contributed by atoms with Crippen molar-refractivity contribution in [2.24, 2.45) is 0 Å². The monoisotopic (exact) mass is 490 g/mol. The van der Waals surface area contributed by atoms with Gasteiger partial charge >= 0.3 is 0 Å². The molecule has 1 saturated heterocycles. The van der Waals surface area contributed by atoms with Gasteiger partial charge in [0.1, 0.15) is 16.6 Å². The third kappa shape index (κ3) is 4.76. The van der Waals surface area contributed by atoms with Crippen LogP contribution in [0, 0.1) is 20.8 Å². The highest BCUT2D eigenvalue weighted by Gasteiger charge is 2.31. The Balaban J connectivity index is 1.35. The summed E-state index contributed by atoms with van der Waals surface area (Å²) in [6, 6.07) is 9.43. The molecule has 1 amide bonds. The predicted molar refractivity (Wildman–Crippen MR) is 128 cm³/mol. The molecule has 0 bridgehead atoms. The van der Waals surface area contributed by atoms with E-state index in [1.165, 1.54) is 32.5 Å². The van der Waals surface area contributed by atoms with Crippen molar-refractivity contribution < 1.29 is 17.9 Å². The number of hydrogen-bond acceptors (Lipinski definition) is 6. The quantitative estimate of drug-likeness (QED) is 0.512. The number of ether oxygens (including phenoxy) is 1. The second kappa shape index (κ2) is 9.35. The molecule has 170 valence electrons. The van der Waals surface area contributed by atoms with Gasteiger partial charge in [0.05, 0.1) is 4.88 Å². The lowest BCUT2D eigenvalue weighted by Crippen LogP contribution is -2.50. The maximum atomic E-state index is 12.9. The van der Waals surface area contributed by atoms with Gasteiger partial charge in [-0.05, 0) is 54.8 Å². The van der Waals surface area contributed by atoms with Crippen LogP contribution < -0.4 is 4.74 Å². The largest absolute Gasteiger partial charge is 0.488 e. The molecule has 3 aromatic rings. The van der Waals surface area contributed by atoms with Crippen molar-refractivity contribution in [2.45, 2.75) is 31.6 Å². The van der Waals surface area contributed by atoms with E-state index in [0.717, 1.165) is 22.4 Å². The van der Waals surface area contributed by atoms with Crippen molar-refractivity contribution in [3.05, 3.63) is 68.2 Å². The van der Waals surface area contributed by atoms with E-state index in [0.29, 0.717) is 41.9 Å². The SMILES string of the molecule is Cc1cc(C)c(OCc2csc(C(=O)N3CCN(S(=O)(=O)c4cccs4)CC3)c2)c(C)c1. The highest BCUT2D eigenvalue weighted by Crippen LogP contribution is 2.27. The summed E-state index contributed by atoms with van der Waals surface area (Å²) in [5, 5.41) is 3.70. The number of aryl methyl sites for hydroxylation is 3. The van der Waals surface area contributed by atoms with E-state index in [1.54, 1.807) is 22.4 Å². The van der Waals surface area contributed by atoms with Crippen molar-refractivity contribution in [3.63, 3.8) is 0 Å². The molecule has 2 aromatic heterocycles. The van der Waals surface area contributed by atoms with Crippen molar-refractivity contribution in [3.8, 4) is 5.75 Å². The number of carbonyl (C=O) groups excluding carboxylic acids is 1. The molecular weight excluding hydrogens is 464 g/mol. The summed E-state index contributed by atoms with van der Waals surface area (Å²) in [6.45, 7) is 7.92. The number of benzene rings is 1. The summed E-state index contributed by atoms with van der Waals surface area (Å²) >= 11 is 2.62. The molecule has 1 aromatic carbocycles. The number of amides is 1. The fourth-order valence-corrected chi connectivity index (χ4v) is 7.37. The molecule has 0 unspecified atom stereocenters. The van der Waals surface area contributed by atoms with Gasteiger partial charge in [-0.25, -0.2) is 8.42 Å². The lowest BCUT2D eigenvalue weighted by atomic mass is 10.1. The summed E-state index contributed by atoms with van der Waals surface area (Å²) in [5.41, 5.74) is 4.37. The second-order valence-electron chi connectivity index (χ2n) is 7.96. The van der Waals surface area contributed by atoms with Gasteiger partial charge in [-0.3, -0.25) is 4.79 Å². The molecule has 9 heteroatoms. The number of sulfonamides is 1. The number of carbonyl (C=O) groups is 1. The molecule has 6 nitrogen and oxygen atoms in total. The number of rotatable bonds is 6. The van der Waals surface area contributed by atoms with Gasteiger partial charge in [-0.1, -0.05) is 23.8 Å². The van der Waals surface area contributed by atoms with Crippen molar-refractivity contribution in [2.75, 3.05) is 26.2 Å². The first-order chi connectivity index (χ1) is 15.3. The molecule has 32 heavy (non-hydrogen) atoms. The molecule has 0 radical (unpaired) electrons. The van der Waals surface area contributed by atoms with Gasteiger partial charge in [0, 0.05) is 31.7 Å². The summed E-state index contributed by atoms with van der Waals surface area (Å²) < 4.78 is 33.2. The maximum Gasteiger partial charge on any atom is 0.264 e. The first-order valence-corrected chi connectivity index (χ1v) is 13.6. The van der Waals surface area contributed by atoms with Crippen molar-refractivity contribution in [1.82, 2.24) is 9.21 Å². The molecule has 0 spiro atoms. The number of hydrogen-bond donors (Lipinski definition) is 0. The summed E-state index contributed by atoms with van der Waals surface area (Å²) in [5.74, 6) is 0.829. The van der Waals surface area contributed by atoms with E-state index in [1.807, 2.05) is 25.3 Å². The Kier molecular flexibility index (Phi) is 6.71. The third-order valence-electron chi connectivity index (χ3n) is 5.47. The van der Waals surface area contributed by atoms with Gasteiger partial charge in [0.2, 0.25) is 0 Å². The minimum absolute atomic E-state index is 0.0582. The molecule has 1 aliphatic heterocycles. The zero-order valence-electron chi connectivity index (χ0n) is 18.3. The standard InChI is InChI=1S/C23H26N2O4S3/c1-16-11-17(2)22(18(3)12-16)29-14-19-13-20(31-15-19)23(26)24-6-8-25(9-7-24)32(27,28)21-5-4-10-30-21/h4-5,10-13,15H,6-9,14H2,1-3H3. The van der Waals surface area contributed by atoms with Gasteiger partial charge in [-0.2, -0.15) is 4.31 Å². The van der Waals surface area contributed by atoms with Crippen LogP contribution in [0.2, 0.25) is 0 Å². The molecular formula is C23H26N2O4S3. The third-order valence-corrected chi connectivity index (χ3v) is 9.71. The Morgan fingerprint density at radius 2 is 1.72 bits per heavy atom. The number of thiophene rings is 2. The smallest absolute Gasteiger partial charge is 0.264 e. The van der Waals surface area contributed by atoms with Gasteiger partial charge < -0.3 is 9.64 Å². The first kappa shape index (κ1) is 23.0. The van der Waals surface area contributed by atoms with Crippen LogP contribution >= 0.6 is 22.7 Å². The van der Waals surface area contributed by atoms with Crippen LogP contribution in [0.3, 0.4) is 0 Å². The topological polar surface area (TPSA) is 66.9 Å². The van der Waals surface area contributed by atoms with E-state index in [9.17, 15) is 13.2 Å². The van der Waals surface area contributed by atoms with E-state index in [2.05, 4.69) is 19.1 Å². The lowest BCUT2D eigenvalue weighted by Gasteiger charge is -2.33. The van der Waals surface area contributed by atoms with Crippen LogP contribution in [0.1, 0.15) is 31.9 Å². The Hall–Kier alpha value is -2.20. The molecule has 0 atom stereocenters. The lowest BCUT2D eigenvalue weighted by molar-refractivity contribution is 0.0703. The van der Waals surface area contributed by atoms with Crippen LogP contribution in [0.15, 0.2) is 45.3 Å². The molecule has 0 saturated carbocycles. The minimum Gasteiger partial charge on any atom is -0.488 e.